The van der Waals surface area contributed by atoms with E-state index in [-0.39, 0.29) is 29.9 Å². The van der Waals surface area contributed by atoms with Gasteiger partial charge in [-0.15, -0.1) is 24.0 Å². The molecule has 29 heavy (non-hydrogen) atoms. The smallest absolute Gasteiger partial charge is 0.251 e. The van der Waals surface area contributed by atoms with Crippen LogP contribution in [0.15, 0.2) is 52.1 Å². The van der Waals surface area contributed by atoms with Crippen molar-refractivity contribution in [1.82, 2.24) is 16.0 Å². The van der Waals surface area contributed by atoms with Crippen molar-refractivity contribution in [2.24, 2.45) is 10.9 Å². The molecule has 0 atom stereocenters. The Kier molecular flexibility index (Phi) is 12.1. The zero-order chi connectivity index (χ0) is 20.2. The second kappa shape index (κ2) is 14.0. The minimum atomic E-state index is -0.124. The third kappa shape index (κ3) is 8.89. The molecule has 6 nitrogen and oxygen atoms in total. The van der Waals surface area contributed by atoms with Crippen LogP contribution in [0, 0.1) is 5.92 Å². The van der Waals surface area contributed by atoms with Crippen LogP contribution in [0.3, 0.4) is 0 Å². The van der Waals surface area contributed by atoms with Gasteiger partial charge >= 0.3 is 0 Å². The third-order valence-electron chi connectivity index (χ3n) is 4.67. The summed E-state index contributed by atoms with van der Waals surface area (Å²) in [4.78, 5) is 17.0. The topological polar surface area (TPSA) is 78.7 Å². The molecule has 0 radical (unpaired) electrons. The Morgan fingerprint density at radius 1 is 1.07 bits per heavy atom. The van der Waals surface area contributed by atoms with Gasteiger partial charge in [-0.1, -0.05) is 38.8 Å². The molecule has 1 heterocycles. The fourth-order valence-corrected chi connectivity index (χ4v) is 2.82. The lowest BCUT2D eigenvalue weighted by molar-refractivity contribution is 0.0948. The van der Waals surface area contributed by atoms with Crippen LogP contribution in [0.1, 0.15) is 55.3 Å². The summed E-state index contributed by atoms with van der Waals surface area (Å²) >= 11 is 0. The fourth-order valence-electron chi connectivity index (χ4n) is 2.82. The lowest BCUT2D eigenvalue weighted by Crippen LogP contribution is -2.39. The van der Waals surface area contributed by atoms with Crippen molar-refractivity contribution in [3.8, 4) is 0 Å². The van der Waals surface area contributed by atoms with E-state index in [0.29, 0.717) is 24.6 Å². The number of amides is 1. The third-order valence-corrected chi connectivity index (χ3v) is 4.67. The van der Waals surface area contributed by atoms with E-state index in [2.05, 4.69) is 41.7 Å². The van der Waals surface area contributed by atoms with Crippen molar-refractivity contribution in [2.45, 2.75) is 46.7 Å². The Bertz CT molecular complexity index is 743. The number of rotatable bonds is 10. The summed E-state index contributed by atoms with van der Waals surface area (Å²) in [5, 5.41) is 9.56. The molecule has 3 N–H and O–H groups in total. The molecule has 0 unspecified atom stereocenters. The molecule has 0 saturated carbocycles. The van der Waals surface area contributed by atoms with Crippen LogP contribution in [0.5, 0.6) is 0 Å². The van der Waals surface area contributed by atoms with E-state index >= 15 is 0 Å². The number of halogens is 1. The highest BCUT2D eigenvalue weighted by Crippen LogP contribution is 2.08. The average molecular weight is 512 g/mol. The molecule has 0 saturated heterocycles. The number of carbonyl (C=O) groups is 1. The number of hydrogen-bond donors (Lipinski definition) is 3. The highest BCUT2D eigenvalue weighted by atomic mass is 127. The quantitative estimate of drug-likeness (QED) is 0.252. The van der Waals surface area contributed by atoms with Gasteiger partial charge in [0.1, 0.15) is 5.76 Å². The van der Waals surface area contributed by atoms with E-state index in [1.54, 1.807) is 18.4 Å². The SMILES string of the molecule is CCNC(=NCc1cccc(C(=O)NCc2ccco2)c1)NCC(CC)CC.I. The zero-order valence-electron chi connectivity index (χ0n) is 17.5. The maximum absolute atomic E-state index is 12.4. The number of carbonyl (C=O) groups excluding carboxylic acids is 1. The van der Waals surface area contributed by atoms with E-state index < -0.39 is 0 Å². The molecule has 2 rings (SSSR count). The summed E-state index contributed by atoms with van der Waals surface area (Å²) in [6.07, 6.45) is 3.90. The Morgan fingerprint density at radius 3 is 2.52 bits per heavy atom. The number of aliphatic imine (C=N–C) groups is 1. The van der Waals surface area contributed by atoms with Crippen molar-refractivity contribution < 1.29 is 9.21 Å². The van der Waals surface area contributed by atoms with Crippen LogP contribution in [0.4, 0.5) is 0 Å². The van der Waals surface area contributed by atoms with Gasteiger partial charge in [-0.3, -0.25) is 4.79 Å². The summed E-state index contributed by atoms with van der Waals surface area (Å²) < 4.78 is 5.24. The number of hydrogen-bond acceptors (Lipinski definition) is 3. The predicted molar refractivity (Wildman–Crippen MR) is 129 cm³/mol. The fraction of sp³-hybridized carbons (Fsp3) is 0.455. The Labute approximate surface area is 191 Å². The number of furan rings is 1. The number of benzene rings is 1. The lowest BCUT2D eigenvalue weighted by atomic mass is 10.0. The van der Waals surface area contributed by atoms with E-state index in [9.17, 15) is 4.79 Å². The van der Waals surface area contributed by atoms with Crippen LogP contribution in [-0.4, -0.2) is 25.0 Å². The molecule has 0 fully saturated rings. The molecule has 0 aliphatic heterocycles. The maximum atomic E-state index is 12.4. The van der Waals surface area contributed by atoms with Crippen molar-refractivity contribution in [3.05, 3.63) is 59.5 Å². The number of guanidine groups is 1. The number of nitrogens with one attached hydrogen (secondary N) is 3. The van der Waals surface area contributed by atoms with Crippen molar-refractivity contribution in [1.29, 1.82) is 0 Å². The molecule has 0 aliphatic rings. The monoisotopic (exact) mass is 512 g/mol. The molecule has 2 aromatic rings. The van der Waals surface area contributed by atoms with Gasteiger partial charge in [-0.05, 0) is 42.7 Å². The van der Waals surface area contributed by atoms with Gasteiger partial charge in [-0.25, -0.2) is 4.99 Å². The minimum absolute atomic E-state index is 0. The Balaban J connectivity index is 0.00000420. The van der Waals surface area contributed by atoms with Crippen LogP contribution >= 0.6 is 24.0 Å². The van der Waals surface area contributed by atoms with Crippen LogP contribution < -0.4 is 16.0 Å². The van der Waals surface area contributed by atoms with Gasteiger partial charge in [0.15, 0.2) is 5.96 Å². The summed E-state index contributed by atoms with van der Waals surface area (Å²) in [7, 11) is 0. The van der Waals surface area contributed by atoms with Gasteiger partial charge in [0, 0.05) is 18.7 Å². The summed E-state index contributed by atoms with van der Waals surface area (Å²) in [5.41, 5.74) is 1.61. The summed E-state index contributed by atoms with van der Waals surface area (Å²) in [6, 6.07) is 11.2. The highest BCUT2D eigenvalue weighted by molar-refractivity contribution is 14.0. The average Bonchev–Trinajstić information content (AvgIpc) is 3.24. The molecule has 7 heteroatoms. The molecular weight excluding hydrogens is 479 g/mol. The molecule has 1 amide bonds. The van der Waals surface area contributed by atoms with Crippen LogP contribution in [0.25, 0.3) is 0 Å². The second-order valence-corrected chi connectivity index (χ2v) is 6.72. The number of nitrogens with zero attached hydrogens (tertiary/aromatic N) is 1. The molecule has 0 bridgehead atoms. The van der Waals surface area contributed by atoms with Gasteiger partial charge < -0.3 is 20.4 Å². The first-order valence-corrected chi connectivity index (χ1v) is 10.1. The van der Waals surface area contributed by atoms with Gasteiger partial charge in [-0.2, -0.15) is 0 Å². The maximum Gasteiger partial charge on any atom is 0.251 e. The molecule has 0 aliphatic carbocycles. The Hall–Kier alpha value is -2.03. The van der Waals surface area contributed by atoms with Gasteiger partial charge in [0.25, 0.3) is 5.91 Å². The molecule has 160 valence electrons. The largest absolute Gasteiger partial charge is 0.467 e. The molecule has 1 aromatic carbocycles. The molecular formula is C22H33IN4O2. The molecule has 1 aromatic heterocycles. The molecule has 0 spiro atoms. The first kappa shape index (κ1) is 25.0. The van der Waals surface area contributed by atoms with Crippen LogP contribution in [-0.2, 0) is 13.1 Å². The zero-order valence-corrected chi connectivity index (χ0v) is 19.9. The van der Waals surface area contributed by atoms with Crippen molar-refractivity contribution >= 4 is 35.8 Å². The first-order chi connectivity index (χ1) is 13.7. The standard InChI is InChI=1S/C22H32N4O2.HI/c1-4-17(5-2)14-25-22(23-6-3)26-15-18-9-7-10-19(13-18)21(27)24-16-20-11-8-12-28-20;/h7-13,17H,4-6,14-16H2,1-3H3,(H,24,27)(H2,23,25,26);1H. The van der Waals surface area contributed by atoms with Crippen LogP contribution in [0.2, 0.25) is 0 Å². The summed E-state index contributed by atoms with van der Waals surface area (Å²) in [6.45, 7) is 9.08. The van der Waals surface area contributed by atoms with Gasteiger partial charge in [0.05, 0.1) is 19.4 Å². The van der Waals surface area contributed by atoms with Gasteiger partial charge in [0.2, 0.25) is 0 Å². The van der Waals surface area contributed by atoms with E-state index in [0.717, 1.165) is 43.2 Å². The normalized spacial score (nSPS) is 11.1. The van der Waals surface area contributed by atoms with E-state index in [1.165, 1.54) is 0 Å². The minimum Gasteiger partial charge on any atom is -0.467 e. The van der Waals surface area contributed by atoms with E-state index in [4.69, 9.17) is 4.42 Å². The van der Waals surface area contributed by atoms with E-state index in [1.807, 2.05) is 24.3 Å². The lowest BCUT2D eigenvalue weighted by Gasteiger charge is -2.16. The predicted octanol–water partition coefficient (Wildman–Crippen LogP) is 4.32. The first-order valence-electron chi connectivity index (χ1n) is 10.1. The Morgan fingerprint density at radius 2 is 1.86 bits per heavy atom. The van der Waals surface area contributed by atoms with Crippen molar-refractivity contribution in [2.75, 3.05) is 13.1 Å². The second-order valence-electron chi connectivity index (χ2n) is 6.72. The summed E-state index contributed by atoms with van der Waals surface area (Å²) in [5.74, 6) is 2.06. The van der Waals surface area contributed by atoms with Crippen molar-refractivity contribution in [3.63, 3.8) is 0 Å². The highest BCUT2D eigenvalue weighted by Gasteiger charge is 2.08.